The lowest BCUT2D eigenvalue weighted by molar-refractivity contribution is 0.925. The molecule has 64 valence electrons. The Morgan fingerprint density at radius 2 is 2.38 bits per heavy atom. The summed E-state index contributed by atoms with van der Waals surface area (Å²) in [5, 5.41) is 12.9. The molecule has 4 nitrogen and oxygen atoms in total. The van der Waals surface area contributed by atoms with Gasteiger partial charge >= 0.3 is 0 Å². The van der Waals surface area contributed by atoms with E-state index in [2.05, 4.69) is 32.1 Å². The number of hydrogen-bond donors (Lipinski definition) is 0. The number of fused-ring (bicyclic) bond motifs is 1. The zero-order valence-electron chi connectivity index (χ0n) is 6.82. The quantitative estimate of drug-likeness (QED) is 0.700. The number of nitriles is 1. The molecular formula is C8H5BrN4. The van der Waals surface area contributed by atoms with Crippen molar-refractivity contribution < 1.29 is 0 Å². The van der Waals surface area contributed by atoms with Gasteiger partial charge in [0.15, 0.2) is 5.65 Å². The summed E-state index contributed by atoms with van der Waals surface area (Å²) in [5.74, 6) is 0.662. The Labute approximate surface area is 82.9 Å². The third-order valence-corrected chi connectivity index (χ3v) is 2.06. The van der Waals surface area contributed by atoms with Crippen LogP contribution in [0, 0.1) is 18.3 Å². The lowest BCUT2D eigenvalue weighted by Gasteiger charge is -1.94. The van der Waals surface area contributed by atoms with Crippen LogP contribution in [0.2, 0.25) is 0 Å². The molecule has 0 bridgehead atoms. The third kappa shape index (κ3) is 1.29. The average Bonchev–Trinajstić information content (AvgIpc) is 2.43. The Morgan fingerprint density at radius 1 is 1.62 bits per heavy atom. The minimum Gasteiger partial charge on any atom is -0.218 e. The molecule has 2 aromatic rings. The van der Waals surface area contributed by atoms with Gasteiger partial charge in [0, 0.05) is 10.7 Å². The Hall–Kier alpha value is -1.41. The maximum Gasteiger partial charge on any atom is 0.173 e. The van der Waals surface area contributed by atoms with Crippen LogP contribution in [0.5, 0.6) is 0 Å². The molecule has 5 heteroatoms. The summed E-state index contributed by atoms with van der Waals surface area (Å²) >= 11 is 3.29. The van der Waals surface area contributed by atoms with E-state index in [0.29, 0.717) is 17.0 Å². The summed E-state index contributed by atoms with van der Waals surface area (Å²) in [6.45, 7) is 1.79. The second-order valence-corrected chi connectivity index (χ2v) is 3.53. The van der Waals surface area contributed by atoms with Gasteiger partial charge in [-0.15, -0.1) is 0 Å². The van der Waals surface area contributed by atoms with Crippen molar-refractivity contribution in [2.24, 2.45) is 0 Å². The number of aryl methyl sites for hydroxylation is 1. The molecule has 0 N–H and O–H groups in total. The van der Waals surface area contributed by atoms with Crippen molar-refractivity contribution in [2.75, 3.05) is 0 Å². The minimum atomic E-state index is 0.523. The van der Waals surface area contributed by atoms with Crippen molar-refractivity contribution in [2.45, 2.75) is 6.92 Å². The van der Waals surface area contributed by atoms with E-state index < -0.39 is 0 Å². The predicted molar refractivity (Wildman–Crippen MR) is 50.1 cm³/mol. The van der Waals surface area contributed by atoms with Crippen LogP contribution < -0.4 is 0 Å². The molecule has 2 rings (SSSR count). The predicted octanol–water partition coefficient (Wildman–Crippen LogP) is 1.67. The lowest BCUT2D eigenvalue weighted by atomic mass is 10.3. The Kier molecular flexibility index (Phi) is 1.78. The Bertz CT molecular complexity index is 509. The molecule has 0 saturated carbocycles. The topological polar surface area (TPSA) is 54.0 Å². The van der Waals surface area contributed by atoms with Gasteiger partial charge in [-0.3, -0.25) is 0 Å². The maximum atomic E-state index is 8.82. The summed E-state index contributed by atoms with van der Waals surface area (Å²) in [6, 6.07) is 3.80. The first kappa shape index (κ1) is 8.20. The van der Waals surface area contributed by atoms with Crippen LogP contribution in [0.25, 0.3) is 5.65 Å². The van der Waals surface area contributed by atoms with Gasteiger partial charge in [0.25, 0.3) is 0 Å². The SMILES string of the molecule is Cc1nc2c(C#N)cc(Br)cn2n1. The average molecular weight is 237 g/mol. The van der Waals surface area contributed by atoms with Gasteiger partial charge in [0.2, 0.25) is 0 Å². The number of halogens is 1. The lowest BCUT2D eigenvalue weighted by Crippen LogP contribution is -1.90. The molecule has 2 aromatic heterocycles. The molecule has 0 unspecified atom stereocenters. The number of aromatic nitrogens is 3. The summed E-state index contributed by atoms with van der Waals surface area (Å²) in [5.41, 5.74) is 1.12. The Balaban J connectivity index is 2.90. The number of rotatable bonds is 0. The second kappa shape index (κ2) is 2.82. The molecule has 0 atom stereocenters. The number of pyridine rings is 1. The fourth-order valence-corrected chi connectivity index (χ4v) is 1.57. The maximum absolute atomic E-state index is 8.82. The van der Waals surface area contributed by atoms with Crippen LogP contribution in [0.4, 0.5) is 0 Å². The molecule has 0 aliphatic carbocycles. The fraction of sp³-hybridized carbons (Fsp3) is 0.125. The minimum absolute atomic E-state index is 0.523. The van der Waals surface area contributed by atoms with Crippen molar-refractivity contribution in [3.63, 3.8) is 0 Å². The van der Waals surface area contributed by atoms with E-state index in [1.165, 1.54) is 0 Å². The van der Waals surface area contributed by atoms with Crippen molar-refractivity contribution in [1.82, 2.24) is 14.6 Å². The first-order valence-corrected chi connectivity index (χ1v) is 4.42. The highest BCUT2D eigenvalue weighted by molar-refractivity contribution is 9.10. The van der Waals surface area contributed by atoms with E-state index in [4.69, 9.17) is 5.26 Å². The number of nitrogens with zero attached hydrogens (tertiary/aromatic N) is 4. The van der Waals surface area contributed by atoms with E-state index in [9.17, 15) is 0 Å². The van der Waals surface area contributed by atoms with Crippen LogP contribution in [-0.2, 0) is 0 Å². The summed E-state index contributed by atoms with van der Waals surface area (Å²) in [7, 11) is 0. The molecule has 0 aromatic carbocycles. The van der Waals surface area contributed by atoms with Crippen molar-refractivity contribution in [3.05, 3.63) is 28.1 Å². The van der Waals surface area contributed by atoms with Crippen LogP contribution in [0.1, 0.15) is 11.4 Å². The number of hydrogen-bond acceptors (Lipinski definition) is 3. The van der Waals surface area contributed by atoms with Crippen LogP contribution >= 0.6 is 15.9 Å². The van der Waals surface area contributed by atoms with Gasteiger partial charge in [0.05, 0.1) is 5.56 Å². The van der Waals surface area contributed by atoms with Crippen molar-refractivity contribution in [3.8, 4) is 6.07 Å². The molecule has 0 spiro atoms. The molecule has 0 fully saturated rings. The highest BCUT2D eigenvalue weighted by atomic mass is 79.9. The smallest absolute Gasteiger partial charge is 0.173 e. The molecule has 0 amide bonds. The van der Waals surface area contributed by atoms with Gasteiger partial charge in [-0.2, -0.15) is 10.4 Å². The van der Waals surface area contributed by atoms with E-state index in [1.807, 2.05) is 0 Å². The molecule has 0 saturated heterocycles. The molecule has 13 heavy (non-hydrogen) atoms. The van der Waals surface area contributed by atoms with Crippen LogP contribution in [0.15, 0.2) is 16.7 Å². The van der Waals surface area contributed by atoms with Crippen LogP contribution in [-0.4, -0.2) is 14.6 Å². The monoisotopic (exact) mass is 236 g/mol. The highest BCUT2D eigenvalue weighted by Crippen LogP contribution is 2.15. The zero-order valence-corrected chi connectivity index (χ0v) is 8.41. The first-order chi connectivity index (χ1) is 6.20. The van der Waals surface area contributed by atoms with E-state index >= 15 is 0 Å². The molecule has 0 radical (unpaired) electrons. The van der Waals surface area contributed by atoms with Gasteiger partial charge in [-0.05, 0) is 28.9 Å². The first-order valence-electron chi connectivity index (χ1n) is 3.63. The third-order valence-electron chi connectivity index (χ3n) is 1.63. The van der Waals surface area contributed by atoms with Crippen molar-refractivity contribution in [1.29, 1.82) is 5.26 Å². The summed E-state index contributed by atoms with van der Waals surface area (Å²) in [6.07, 6.45) is 1.77. The van der Waals surface area contributed by atoms with Crippen LogP contribution in [0.3, 0.4) is 0 Å². The largest absolute Gasteiger partial charge is 0.218 e. The van der Waals surface area contributed by atoms with E-state index in [1.54, 1.807) is 23.7 Å². The van der Waals surface area contributed by atoms with E-state index in [-0.39, 0.29) is 0 Å². The molecular weight excluding hydrogens is 232 g/mol. The second-order valence-electron chi connectivity index (χ2n) is 2.61. The summed E-state index contributed by atoms with van der Waals surface area (Å²) < 4.78 is 2.42. The summed E-state index contributed by atoms with van der Waals surface area (Å²) in [4.78, 5) is 4.13. The van der Waals surface area contributed by atoms with Gasteiger partial charge in [-0.1, -0.05) is 0 Å². The van der Waals surface area contributed by atoms with Gasteiger partial charge in [0.1, 0.15) is 11.9 Å². The zero-order chi connectivity index (χ0) is 9.42. The van der Waals surface area contributed by atoms with Gasteiger partial charge in [-0.25, -0.2) is 9.50 Å². The highest BCUT2D eigenvalue weighted by Gasteiger charge is 2.06. The molecule has 2 heterocycles. The molecule has 0 aliphatic rings. The van der Waals surface area contributed by atoms with Gasteiger partial charge < -0.3 is 0 Å². The fourth-order valence-electron chi connectivity index (χ4n) is 1.14. The van der Waals surface area contributed by atoms with E-state index in [0.717, 1.165) is 4.47 Å². The Morgan fingerprint density at radius 3 is 3.08 bits per heavy atom. The normalized spacial score (nSPS) is 10.2. The standard InChI is InChI=1S/C8H5BrN4/c1-5-11-8-6(3-10)2-7(9)4-13(8)12-5/h2,4H,1H3. The molecule has 0 aliphatic heterocycles. The van der Waals surface area contributed by atoms with Crippen molar-refractivity contribution >= 4 is 21.6 Å².